The smallest absolute Gasteiger partial charge is 0.404 e. The molecule has 0 atom stereocenters. The third-order valence-corrected chi connectivity index (χ3v) is 0.894. The molecule has 0 unspecified atom stereocenters. The van der Waals surface area contributed by atoms with Crippen LogP contribution in [-0.4, -0.2) is 18.6 Å². The van der Waals surface area contributed by atoms with Crippen LogP contribution < -0.4 is 5.73 Å². The highest BCUT2D eigenvalue weighted by atomic mass is 35.5. The Morgan fingerprint density at radius 2 is 2.44 bits per heavy atom. The van der Waals surface area contributed by atoms with Crippen LogP contribution in [0.2, 0.25) is 0 Å². The fourth-order valence-corrected chi connectivity index (χ4v) is 0.474. The van der Waals surface area contributed by atoms with Crippen LogP contribution in [0.1, 0.15) is 6.42 Å². The van der Waals surface area contributed by atoms with E-state index >= 15 is 0 Å². The zero-order valence-corrected chi connectivity index (χ0v) is 5.73. The van der Waals surface area contributed by atoms with E-state index in [2.05, 4.69) is 10.5 Å². The lowest BCUT2D eigenvalue weighted by atomic mass is 10.4. The Kier molecular flexibility index (Phi) is 5.41. The van der Waals surface area contributed by atoms with Crippen molar-refractivity contribution in [3.8, 4) is 0 Å². The molecule has 53 valence electrons. The summed E-state index contributed by atoms with van der Waals surface area (Å²) < 4.78 is 4.39. The molecular formula is C5H9ClNO2. The first-order valence-corrected chi connectivity index (χ1v) is 3.10. The van der Waals surface area contributed by atoms with Gasteiger partial charge in [-0.05, 0) is 12.8 Å². The largest absolute Gasteiger partial charge is 0.450 e. The van der Waals surface area contributed by atoms with Crippen LogP contribution in [0, 0.1) is 6.42 Å². The first-order valence-electron chi connectivity index (χ1n) is 2.57. The van der Waals surface area contributed by atoms with Crippen LogP contribution in [0.3, 0.4) is 0 Å². The number of hydrogen-bond acceptors (Lipinski definition) is 2. The normalized spacial score (nSPS) is 9.00. The minimum Gasteiger partial charge on any atom is -0.450 e. The van der Waals surface area contributed by atoms with E-state index in [1.54, 1.807) is 6.42 Å². The van der Waals surface area contributed by atoms with Crippen LogP contribution >= 0.6 is 11.6 Å². The van der Waals surface area contributed by atoms with Gasteiger partial charge in [0.05, 0.1) is 6.61 Å². The lowest BCUT2D eigenvalue weighted by Gasteiger charge is -1.97. The van der Waals surface area contributed by atoms with Crippen molar-refractivity contribution < 1.29 is 9.53 Å². The number of hydrogen-bond donors (Lipinski definition) is 1. The number of rotatable bonds is 4. The van der Waals surface area contributed by atoms with Gasteiger partial charge in [-0.1, -0.05) is 0 Å². The summed E-state index contributed by atoms with van der Waals surface area (Å²) in [5.41, 5.74) is 4.67. The molecule has 0 saturated carbocycles. The SMILES string of the molecule is NC(=O)OCC[CH]CCl. The van der Waals surface area contributed by atoms with E-state index in [-0.39, 0.29) is 0 Å². The Hall–Kier alpha value is -0.440. The van der Waals surface area contributed by atoms with Crippen LogP contribution in [-0.2, 0) is 4.74 Å². The summed E-state index contributed by atoms with van der Waals surface area (Å²) in [4.78, 5) is 9.92. The number of carbonyl (C=O) groups excluding carboxylic acids is 1. The predicted octanol–water partition coefficient (Wildman–Crippen LogP) is 0.915. The van der Waals surface area contributed by atoms with Crippen molar-refractivity contribution in [2.24, 2.45) is 5.73 Å². The summed E-state index contributed by atoms with van der Waals surface area (Å²) in [5.74, 6) is 0.474. The van der Waals surface area contributed by atoms with Crippen molar-refractivity contribution in [2.75, 3.05) is 12.5 Å². The molecule has 0 bridgehead atoms. The minimum atomic E-state index is -0.738. The number of amides is 1. The van der Waals surface area contributed by atoms with E-state index in [0.29, 0.717) is 18.9 Å². The second-order valence-corrected chi connectivity index (χ2v) is 1.71. The minimum absolute atomic E-state index is 0.321. The van der Waals surface area contributed by atoms with E-state index < -0.39 is 6.09 Å². The van der Waals surface area contributed by atoms with Gasteiger partial charge < -0.3 is 10.5 Å². The molecule has 0 rings (SSSR count). The third kappa shape index (κ3) is 7.56. The fourth-order valence-electron chi connectivity index (χ4n) is 0.320. The molecule has 0 heterocycles. The molecule has 0 aliphatic carbocycles. The highest BCUT2D eigenvalue weighted by Crippen LogP contribution is 1.89. The monoisotopic (exact) mass is 150 g/mol. The lowest BCUT2D eigenvalue weighted by molar-refractivity contribution is 0.158. The Bertz CT molecular complexity index is 87.0. The highest BCUT2D eigenvalue weighted by Gasteiger charge is 1.91. The Morgan fingerprint density at radius 3 is 2.89 bits per heavy atom. The van der Waals surface area contributed by atoms with Gasteiger partial charge in [-0.25, -0.2) is 4.79 Å². The van der Waals surface area contributed by atoms with Crippen molar-refractivity contribution in [3.63, 3.8) is 0 Å². The average molecular weight is 151 g/mol. The van der Waals surface area contributed by atoms with E-state index in [0.717, 1.165) is 0 Å². The van der Waals surface area contributed by atoms with Gasteiger partial charge in [0.15, 0.2) is 0 Å². The summed E-state index contributed by atoms with van der Waals surface area (Å²) in [6.07, 6.45) is 1.72. The molecule has 0 fully saturated rings. The van der Waals surface area contributed by atoms with Gasteiger partial charge in [0.2, 0.25) is 0 Å². The maximum absolute atomic E-state index is 9.92. The predicted molar refractivity (Wildman–Crippen MR) is 35.2 cm³/mol. The van der Waals surface area contributed by atoms with Crippen LogP contribution in [0.4, 0.5) is 4.79 Å². The van der Waals surface area contributed by atoms with E-state index in [1.165, 1.54) is 0 Å². The molecule has 4 heteroatoms. The van der Waals surface area contributed by atoms with Crippen molar-refractivity contribution in [2.45, 2.75) is 6.42 Å². The van der Waals surface area contributed by atoms with Crippen LogP contribution in [0.25, 0.3) is 0 Å². The number of nitrogens with two attached hydrogens (primary N) is 1. The second kappa shape index (κ2) is 5.69. The van der Waals surface area contributed by atoms with Gasteiger partial charge in [0, 0.05) is 5.88 Å². The first kappa shape index (κ1) is 8.56. The molecule has 0 aromatic heterocycles. The number of halogens is 1. The molecule has 2 N–H and O–H groups in total. The number of carbonyl (C=O) groups is 1. The van der Waals surface area contributed by atoms with Gasteiger partial charge in [-0.3, -0.25) is 0 Å². The van der Waals surface area contributed by atoms with Gasteiger partial charge in [0.25, 0.3) is 0 Å². The maximum atomic E-state index is 9.92. The lowest BCUT2D eigenvalue weighted by Crippen LogP contribution is -2.13. The molecule has 0 spiro atoms. The number of primary amides is 1. The summed E-state index contributed by atoms with van der Waals surface area (Å²) in [6, 6.07) is 0. The van der Waals surface area contributed by atoms with Crippen molar-refractivity contribution in [3.05, 3.63) is 6.42 Å². The molecular weight excluding hydrogens is 142 g/mol. The topological polar surface area (TPSA) is 52.3 Å². The maximum Gasteiger partial charge on any atom is 0.404 e. The third-order valence-electron chi connectivity index (χ3n) is 0.675. The van der Waals surface area contributed by atoms with E-state index in [4.69, 9.17) is 11.6 Å². The van der Waals surface area contributed by atoms with Crippen LogP contribution in [0.15, 0.2) is 0 Å². The zero-order valence-electron chi connectivity index (χ0n) is 4.97. The molecule has 0 aromatic carbocycles. The Morgan fingerprint density at radius 1 is 1.78 bits per heavy atom. The second-order valence-electron chi connectivity index (χ2n) is 1.40. The summed E-state index contributed by atoms with van der Waals surface area (Å²) in [5, 5.41) is 0. The summed E-state index contributed by atoms with van der Waals surface area (Å²) in [6.45, 7) is 0.321. The standard InChI is InChI=1S/C5H9ClNO2/c6-3-1-2-4-9-5(7)8/h1H,2-4H2,(H2,7,8). The van der Waals surface area contributed by atoms with Gasteiger partial charge in [0.1, 0.15) is 0 Å². The van der Waals surface area contributed by atoms with E-state index in [1.807, 2.05) is 0 Å². The Labute approximate surface area is 59.1 Å². The van der Waals surface area contributed by atoms with Crippen molar-refractivity contribution in [1.29, 1.82) is 0 Å². The molecule has 3 nitrogen and oxygen atoms in total. The number of alkyl halides is 1. The molecule has 0 aromatic rings. The van der Waals surface area contributed by atoms with Crippen molar-refractivity contribution >= 4 is 17.7 Å². The van der Waals surface area contributed by atoms with Crippen LogP contribution in [0.5, 0.6) is 0 Å². The molecule has 9 heavy (non-hydrogen) atoms. The molecule has 0 saturated heterocycles. The van der Waals surface area contributed by atoms with Gasteiger partial charge >= 0.3 is 6.09 Å². The molecule has 1 radical (unpaired) electrons. The van der Waals surface area contributed by atoms with Gasteiger partial charge in [-0.15, -0.1) is 11.6 Å². The molecule has 0 aliphatic rings. The quantitative estimate of drug-likeness (QED) is 0.479. The molecule has 0 aliphatic heterocycles. The fraction of sp³-hybridized carbons (Fsp3) is 0.600. The van der Waals surface area contributed by atoms with E-state index in [9.17, 15) is 4.79 Å². The molecule has 1 amide bonds. The summed E-state index contributed by atoms with van der Waals surface area (Å²) in [7, 11) is 0. The highest BCUT2D eigenvalue weighted by molar-refractivity contribution is 6.18. The Balaban J connectivity index is 2.83. The zero-order chi connectivity index (χ0) is 7.11. The number of unbranched alkanes of at least 4 members (excludes halogenated alkanes) is 1. The summed E-state index contributed by atoms with van der Waals surface area (Å²) >= 11 is 5.29. The average Bonchev–Trinajstić information content (AvgIpc) is 1.80. The number of ether oxygens (including phenoxy) is 1. The van der Waals surface area contributed by atoms with Crippen molar-refractivity contribution in [1.82, 2.24) is 0 Å². The first-order chi connectivity index (χ1) is 4.27. The van der Waals surface area contributed by atoms with Gasteiger partial charge in [-0.2, -0.15) is 0 Å².